The normalized spacial score (nSPS) is 15.9. The number of esters is 1. The van der Waals surface area contributed by atoms with Gasteiger partial charge in [-0.05, 0) is 52.2 Å². The van der Waals surface area contributed by atoms with Gasteiger partial charge in [0.05, 0.1) is 23.6 Å². The molecule has 1 atom stereocenters. The maximum Gasteiger partial charge on any atom is 0.328 e. The Labute approximate surface area is 198 Å². The van der Waals surface area contributed by atoms with E-state index in [2.05, 4.69) is 15.9 Å². The summed E-state index contributed by atoms with van der Waals surface area (Å²) in [5.74, 6) is 0.222. The first kappa shape index (κ1) is 23.3. The third-order valence-corrected chi connectivity index (χ3v) is 6.45. The summed E-state index contributed by atoms with van der Waals surface area (Å²) in [6.07, 6.45) is 1.71. The number of hydrogen-bond donors (Lipinski definition) is 0. The van der Waals surface area contributed by atoms with Gasteiger partial charge >= 0.3 is 5.97 Å². The van der Waals surface area contributed by atoms with Crippen molar-refractivity contribution < 1.29 is 23.8 Å². The average Bonchev–Trinajstić information content (AvgIpc) is 3.04. The smallest absolute Gasteiger partial charge is 0.328 e. The highest BCUT2D eigenvalue weighted by Crippen LogP contribution is 2.40. The predicted octanol–water partition coefficient (Wildman–Crippen LogP) is 4.80. The van der Waals surface area contributed by atoms with Crippen molar-refractivity contribution in [1.82, 2.24) is 4.90 Å². The molecule has 1 aliphatic heterocycles. The molecule has 0 spiro atoms. The van der Waals surface area contributed by atoms with Crippen LogP contribution in [0.3, 0.4) is 0 Å². The molecule has 1 fully saturated rings. The van der Waals surface area contributed by atoms with Gasteiger partial charge in [0.1, 0.15) is 17.0 Å². The third-order valence-electron chi connectivity index (χ3n) is 4.53. The molecule has 1 aliphatic rings. The Bertz CT molecular complexity index is 1040. The van der Waals surface area contributed by atoms with Gasteiger partial charge in [-0.2, -0.15) is 0 Å². The molecule has 0 bridgehead atoms. The summed E-state index contributed by atoms with van der Waals surface area (Å²) in [4.78, 5) is 26.3. The second kappa shape index (κ2) is 10.3. The maximum atomic E-state index is 12.8. The van der Waals surface area contributed by atoms with Crippen LogP contribution in [0, 0.1) is 0 Å². The Kier molecular flexibility index (Phi) is 7.74. The predicted molar refractivity (Wildman–Crippen MR) is 128 cm³/mol. The van der Waals surface area contributed by atoms with E-state index < -0.39 is 12.0 Å². The zero-order valence-electron chi connectivity index (χ0n) is 17.1. The fourth-order valence-corrected chi connectivity index (χ4v) is 4.93. The van der Waals surface area contributed by atoms with Crippen molar-refractivity contribution in [3.63, 3.8) is 0 Å². The Morgan fingerprint density at radius 2 is 1.97 bits per heavy atom. The van der Waals surface area contributed by atoms with Gasteiger partial charge in [-0.1, -0.05) is 54.3 Å². The molecule has 162 valence electrons. The Morgan fingerprint density at radius 1 is 1.26 bits per heavy atom. The molecule has 0 N–H and O–H groups in total. The average molecular weight is 522 g/mol. The third kappa shape index (κ3) is 5.28. The Morgan fingerprint density at radius 3 is 2.61 bits per heavy atom. The van der Waals surface area contributed by atoms with Crippen molar-refractivity contribution >= 4 is 62.2 Å². The van der Waals surface area contributed by atoms with Gasteiger partial charge in [0.25, 0.3) is 5.91 Å². The van der Waals surface area contributed by atoms with Crippen LogP contribution >= 0.6 is 39.9 Å². The van der Waals surface area contributed by atoms with Crippen molar-refractivity contribution in [3.05, 3.63) is 63.0 Å². The fourth-order valence-electron chi connectivity index (χ4n) is 2.93. The molecule has 0 aromatic heterocycles. The number of ether oxygens (including phenoxy) is 3. The van der Waals surface area contributed by atoms with Crippen LogP contribution in [0.15, 0.2) is 51.8 Å². The summed E-state index contributed by atoms with van der Waals surface area (Å²) in [5, 5.41) is 0. The lowest BCUT2D eigenvalue weighted by Gasteiger charge is -2.20. The van der Waals surface area contributed by atoms with Gasteiger partial charge in [0.15, 0.2) is 11.5 Å². The zero-order valence-corrected chi connectivity index (χ0v) is 20.3. The van der Waals surface area contributed by atoms with Crippen LogP contribution in [0.2, 0.25) is 0 Å². The summed E-state index contributed by atoms with van der Waals surface area (Å²) >= 11 is 9.96. The monoisotopic (exact) mass is 521 g/mol. The van der Waals surface area contributed by atoms with Crippen LogP contribution in [-0.4, -0.2) is 41.4 Å². The lowest BCUT2D eigenvalue weighted by atomic mass is 10.1. The number of carbonyl (C=O) groups is 2. The zero-order chi connectivity index (χ0) is 22.5. The molecular weight excluding hydrogens is 502 g/mol. The van der Waals surface area contributed by atoms with Gasteiger partial charge < -0.3 is 14.2 Å². The second-order valence-corrected chi connectivity index (χ2v) is 9.09. The van der Waals surface area contributed by atoms with Gasteiger partial charge in [0.2, 0.25) is 0 Å². The quantitative estimate of drug-likeness (QED) is 0.294. The van der Waals surface area contributed by atoms with E-state index in [9.17, 15) is 9.59 Å². The number of amides is 1. The van der Waals surface area contributed by atoms with Crippen molar-refractivity contribution in [1.29, 1.82) is 0 Å². The number of methoxy groups -OCH3 is 2. The second-order valence-electron chi connectivity index (χ2n) is 6.56. The van der Waals surface area contributed by atoms with E-state index in [1.54, 1.807) is 26.2 Å². The first-order valence-corrected chi connectivity index (χ1v) is 11.3. The Hall–Kier alpha value is -2.36. The summed E-state index contributed by atoms with van der Waals surface area (Å²) in [6, 6.07) is 12.6. The van der Waals surface area contributed by atoms with Crippen LogP contribution in [0.25, 0.3) is 6.08 Å². The van der Waals surface area contributed by atoms with Gasteiger partial charge in [-0.3, -0.25) is 9.69 Å². The molecule has 0 radical (unpaired) electrons. The molecule has 1 saturated heterocycles. The van der Waals surface area contributed by atoms with E-state index in [1.165, 1.54) is 12.0 Å². The molecule has 31 heavy (non-hydrogen) atoms. The van der Waals surface area contributed by atoms with Gasteiger partial charge in [-0.25, -0.2) is 4.79 Å². The number of hydrogen-bond acceptors (Lipinski definition) is 7. The molecule has 0 aliphatic carbocycles. The van der Waals surface area contributed by atoms with Crippen LogP contribution in [0.4, 0.5) is 0 Å². The Balaban J connectivity index is 1.84. The van der Waals surface area contributed by atoms with E-state index in [0.29, 0.717) is 31.8 Å². The van der Waals surface area contributed by atoms with Crippen LogP contribution in [-0.2, 0) is 20.9 Å². The summed E-state index contributed by atoms with van der Waals surface area (Å²) in [6.45, 7) is 1.97. The van der Waals surface area contributed by atoms with E-state index in [-0.39, 0.29) is 5.91 Å². The number of nitrogens with zero attached hydrogens (tertiary/aromatic N) is 1. The minimum Gasteiger partial charge on any atom is -0.493 e. The minimum atomic E-state index is -0.793. The van der Waals surface area contributed by atoms with E-state index >= 15 is 0 Å². The van der Waals surface area contributed by atoms with Crippen molar-refractivity contribution in [2.24, 2.45) is 0 Å². The standard InChI is InChI=1S/C22H20BrNO5S2/c1-13(21(26)28-3)24-20(25)18(31-22(24)30)11-15-9-16(23)19(17(10-15)27-2)29-12-14-7-5-4-6-8-14/h4-11,13H,12H2,1-3H3. The molecule has 1 unspecified atom stereocenters. The SMILES string of the molecule is COC(=O)C(C)N1C(=O)C(=Cc2cc(Br)c(OCc3ccccc3)c(OC)c2)SC1=S. The number of halogens is 1. The molecule has 0 saturated carbocycles. The summed E-state index contributed by atoms with van der Waals surface area (Å²) < 4.78 is 17.2. The fraction of sp³-hybridized carbons (Fsp3) is 0.227. The lowest BCUT2D eigenvalue weighted by molar-refractivity contribution is -0.147. The molecule has 1 amide bonds. The van der Waals surface area contributed by atoms with E-state index in [4.69, 9.17) is 26.4 Å². The van der Waals surface area contributed by atoms with Gasteiger partial charge in [0, 0.05) is 0 Å². The summed E-state index contributed by atoms with van der Waals surface area (Å²) in [5.41, 5.74) is 1.76. The lowest BCUT2D eigenvalue weighted by Crippen LogP contribution is -2.42. The highest BCUT2D eigenvalue weighted by atomic mass is 79.9. The number of thioether (sulfide) groups is 1. The molecule has 9 heteroatoms. The van der Waals surface area contributed by atoms with E-state index in [0.717, 1.165) is 22.9 Å². The van der Waals surface area contributed by atoms with Crippen LogP contribution in [0.5, 0.6) is 11.5 Å². The molecular formula is C22H20BrNO5S2. The number of thiocarbonyl (C=S) groups is 1. The maximum absolute atomic E-state index is 12.8. The molecule has 1 heterocycles. The van der Waals surface area contributed by atoms with Crippen molar-refractivity contribution in [2.75, 3.05) is 14.2 Å². The molecule has 2 aromatic carbocycles. The highest BCUT2D eigenvalue weighted by Gasteiger charge is 2.38. The van der Waals surface area contributed by atoms with Crippen LogP contribution < -0.4 is 9.47 Å². The molecule has 6 nitrogen and oxygen atoms in total. The largest absolute Gasteiger partial charge is 0.493 e. The number of benzene rings is 2. The van der Waals surface area contributed by atoms with Gasteiger partial charge in [-0.15, -0.1) is 0 Å². The molecule has 3 rings (SSSR count). The van der Waals surface area contributed by atoms with Crippen molar-refractivity contribution in [3.8, 4) is 11.5 Å². The minimum absolute atomic E-state index is 0.308. The van der Waals surface area contributed by atoms with E-state index in [1.807, 2.05) is 36.4 Å². The molecule has 2 aromatic rings. The summed E-state index contributed by atoms with van der Waals surface area (Å²) in [7, 11) is 2.83. The first-order chi connectivity index (χ1) is 14.8. The number of carbonyl (C=O) groups excluding carboxylic acids is 2. The number of rotatable bonds is 7. The topological polar surface area (TPSA) is 65.1 Å². The first-order valence-electron chi connectivity index (χ1n) is 9.24. The highest BCUT2D eigenvalue weighted by molar-refractivity contribution is 9.10. The van der Waals surface area contributed by atoms with Crippen LogP contribution in [0.1, 0.15) is 18.1 Å². The van der Waals surface area contributed by atoms with Crippen molar-refractivity contribution in [2.45, 2.75) is 19.6 Å².